The maximum Gasteiger partial charge on any atom is 0.276 e. The first-order valence-electron chi connectivity index (χ1n) is 9.87. The van der Waals surface area contributed by atoms with Crippen molar-refractivity contribution in [1.82, 2.24) is 5.01 Å². The monoisotopic (exact) mass is 377 g/mol. The molecule has 1 aromatic rings. The smallest absolute Gasteiger partial charge is 0.276 e. The van der Waals surface area contributed by atoms with Crippen LogP contribution in [0.1, 0.15) is 42.0 Å². The third kappa shape index (κ3) is 2.11. The molecule has 0 saturated heterocycles. The third-order valence-corrected chi connectivity index (χ3v) is 6.43. The van der Waals surface area contributed by atoms with Gasteiger partial charge >= 0.3 is 0 Å². The van der Waals surface area contributed by atoms with Crippen LogP contribution in [-0.4, -0.2) is 47.7 Å². The van der Waals surface area contributed by atoms with Crippen LogP contribution in [-0.2, 0) is 22.4 Å². The lowest BCUT2D eigenvalue weighted by Gasteiger charge is -2.39. The van der Waals surface area contributed by atoms with Gasteiger partial charge in [-0.15, -0.1) is 0 Å². The van der Waals surface area contributed by atoms with Gasteiger partial charge in [-0.3, -0.25) is 9.59 Å². The number of hydrazone groups is 1. The van der Waals surface area contributed by atoms with Crippen molar-refractivity contribution in [3.8, 4) is 0 Å². The molecule has 6 heteroatoms. The highest BCUT2D eigenvalue weighted by Gasteiger charge is 2.43. The maximum atomic E-state index is 13.0. The molecular weight excluding hydrogens is 354 g/mol. The molecule has 5 rings (SSSR count). The van der Waals surface area contributed by atoms with Crippen molar-refractivity contribution in [3.05, 3.63) is 45.2 Å². The second-order valence-electron chi connectivity index (χ2n) is 8.05. The Hall–Kier alpha value is -2.89. The van der Waals surface area contributed by atoms with E-state index in [1.807, 2.05) is 6.92 Å². The number of aliphatic hydroxyl groups is 1. The van der Waals surface area contributed by atoms with E-state index in [1.165, 1.54) is 21.8 Å². The summed E-state index contributed by atoms with van der Waals surface area (Å²) in [5, 5.41) is 16.1. The van der Waals surface area contributed by atoms with E-state index in [1.54, 1.807) is 14.0 Å². The summed E-state index contributed by atoms with van der Waals surface area (Å²) < 4.78 is 0. The van der Waals surface area contributed by atoms with Crippen molar-refractivity contribution < 1.29 is 14.7 Å². The van der Waals surface area contributed by atoms with E-state index in [0.29, 0.717) is 11.3 Å². The number of benzene rings is 1. The van der Waals surface area contributed by atoms with Crippen LogP contribution < -0.4 is 4.90 Å². The van der Waals surface area contributed by atoms with Crippen molar-refractivity contribution in [3.63, 3.8) is 0 Å². The summed E-state index contributed by atoms with van der Waals surface area (Å²) in [7, 11) is 1.55. The van der Waals surface area contributed by atoms with Gasteiger partial charge in [0, 0.05) is 25.8 Å². The normalized spacial score (nSPS) is 23.9. The number of hydrogen-bond acceptors (Lipinski definition) is 5. The number of aryl methyl sites for hydroxylation is 1. The zero-order valence-corrected chi connectivity index (χ0v) is 16.4. The molecule has 0 fully saturated rings. The van der Waals surface area contributed by atoms with Crippen molar-refractivity contribution in [2.45, 2.75) is 39.5 Å². The number of likely N-dealkylation sites (N-methyl/N-ethyl adjacent to an activating group) is 1. The predicted octanol–water partition coefficient (Wildman–Crippen LogP) is 2.69. The number of carbonyl (C=O) groups excluding carboxylic acids is 2. The van der Waals surface area contributed by atoms with Gasteiger partial charge in [0.05, 0.1) is 22.4 Å². The van der Waals surface area contributed by atoms with Crippen molar-refractivity contribution >= 4 is 28.7 Å². The number of rotatable bonds is 1. The minimum atomic E-state index is -0.348. The highest BCUT2D eigenvalue weighted by Crippen LogP contribution is 2.45. The minimum Gasteiger partial charge on any atom is -0.506 e. The SMILES string of the molecule is CC1=NN(C)C(=O)C1=C1C(=O)C(c2cc3c4c(c2C)CCCN4CCC3)=C1O. The molecular formula is C22H23N3O3. The van der Waals surface area contributed by atoms with Gasteiger partial charge in [-0.2, -0.15) is 5.10 Å². The van der Waals surface area contributed by atoms with Crippen LogP contribution in [0.5, 0.6) is 0 Å². The average molecular weight is 377 g/mol. The van der Waals surface area contributed by atoms with Crippen molar-refractivity contribution in [2.75, 3.05) is 25.0 Å². The number of carbonyl (C=O) groups is 2. The molecule has 1 aliphatic carbocycles. The van der Waals surface area contributed by atoms with E-state index in [0.717, 1.165) is 49.9 Å². The topological polar surface area (TPSA) is 73.2 Å². The molecule has 0 saturated carbocycles. The summed E-state index contributed by atoms with van der Waals surface area (Å²) in [6.07, 6.45) is 4.22. The molecule has 4 aliphatic rings. The number of allylic oxidation sites excluding steroid dienone is 2. The average Bonchev–Trinajstić information content (AvgIpc) is 2.92. The highest BCUT2D eigenvalue weighted by molar-refractivity contribution is 6.44. The summed E-state index contributed by atoms with van der Waals surface area (Å²) in [5.74, 6) is -0.680. The number of ketones is 1. The van der Waals surface area contributed by atoms with Gasteiger partial charge in [-0.05, 0) is 67.9 Å². The van der Waals surface area contributed by atoms with E-state index < -0.39 is 0 Å². The molecule has 1 amide bonds. The zero-order chi connectivity index (χ0) is 19.7. The van der Waals surface area contributed by atoms with Crippen LogP contribution in [0.4, 0.5) is 5.69 Å². The first-order chi connectivity index (χ1) is 13.4. The van der Waals surface area contributed by atoms with Crippen LogP contribution >= 0.6 is 0 Å². The van der Waals surface area contributed by atoms with Gasteiger partial charge < -0.3 is 10.0 Å². The van der Waals surface area contributed by atoms with E-state index in [9.17, 15) is 14.7 Å². The lowest BCUT2D eigenvalue weighted by molar-refractivity contribution is -0.125. The zero-order valence-electron chi connectivity index (χ0n) is 16.4. The Morgan fingerprint density at radius 1 is 1.04 bits per heavy atom. The first-order valence-corrected chi connectivity index (χ1v) is 9.87. The van der Waals surface area contributed by atoms with Gasteiger partial charge in [0.15, 0.2) is 0 Å². The van der Waals surface area contributed by atoms with E-state index >= 15 is 0 Å². The highest BCUT2D eigenvalue weighted by atomic mass is 16.3. The molecule has 0 aromatic heterocycles. The van der Waals surface area contributed by atoms with Gasteiger partial charge in [-0.1, -0.05) is 0 Å². The largest absolute Gasteiger partial charge is 0.506 e. The fourth-order valence-electron chi connectivity index (χ4n) is 5.09. The number of hydrogen-bond donors (Lipinski definition) is 1. The third-order valence-electron chi connectivity index (χ3n) is 6.43. The standard InChI is InChI=1S/C22H23N3O3/c1-11-14-7-5-9-25-8-4-6-13(19(14)25)10-15(11)17-20(26)18(21(17)27)16-12(2)23-24(3)22(16)28/h10,26H,4-9H2,1-3H3. The lowest BCUT2D eigenvalue weighted by atomic mass is 9.76. The number of Topliss-reactive ketones (excluding diaryl/α,β-unsaturated/α-hetero) is 1. The molecule has 0 radical (unpaired) electrons. The molecule has 0 unspecified atom stereocenters. The summed E-state index contributed by atoms with van der Waals surface area (Å²) >= 11 is 0. The van der Waals surface area contributed by atoms with Gasteiger partial charge in [0.2, 0.25) is 5.78 Å². The molecule has 6 nitrogen and oxygen atoms in total. The van der Waals surface area contributed by atoms with E-state index in [2.05, 4.69) is 16.1 Å². The van der Waals surface area contributed by atoms with Crippen LogP contribution in [0, 0.1) is 6.92 Å². The molecule has 3 aliphatic heterocycles. The maximum absolute atomic E-state index is 13.0. The summed E-state index contributed by atoms with van der Waals surface area (Å²) in [4.78, 5) is 27.9. The summed E-state index contributed by atoms with van der Waals surface area (Å²) in [5.41, 5.74) is 6.95. The molecule has 3 heterocycles. The Morgan fingerprint density at radius 2 is 1.75 bits per heavy atom. The predicted molar refractivity (Wildman–Crippen MR) is 107 cm³/mol. The second kappa shape index (κ2) is 5.80. The van der Waals surface area contributed by atoms with Gasteiger partial charge in [-0.25, -0.2) is 5.01 Å². The van der Waals surface area contributed by atoms with Crippen LogP contribution in [0.3, 0.4) is 0 Å². The number of aliphatic hydroxyl groups excluding tert-OH is 1. The summed E-state index contributed by atoms with van der Waals surface area (Å²) in [6, 6.07) is 2.08. The number of anilines is 1. The lowest BCUT2D eigenvalue weighted by Crippen LogP contribution is -2.35. The molecule has 0 atom stereocenters. The van der Waals surface area contributed by atoms with E-state index in [-0.39, 0.29) is 28.6 Å². The minimum absolute atomic E-state index is 0.0723. The van der Waals surface area contributed by atoms with Gasteiger partial charge in [0.25, 0.3) is 5.91 Å². The Kier molecular flexibility index (Phi) is 3.57. The Balaban J connectivity index is 1.68. The van der Waals surface area contributed by atoms with Crippen LogP contribution in [0.2, 0.25) is 0 Å². The molecule has 144 valence electrons. The van der Waals surface area contributed by atoms with Crippen LogP contribution in [0.15, 0.2) is 28.1 Å². The summed E-state index contributed by atoms with van der Waals surface area (Å²) in [6.45, 7) is 5.92. The number of amides is 1. The second-order valence-corrected chi connectivity index (χ2v) is 8.05. The van der Waals surface area contributed by atoms with Crippen molar-refractivity contribution in [1.29, 1.82) is 0 Å². The molecule has 28 heavy (non-hydrogen) atoms. The van der Waals surface area contributed by atoms with Crippen LogP contribution in [0.25, 0.3) is 5.57 Å². The van der Waals surface area contributed by atoms with Gasteiger partial charge in [0.1, 0.15) is 5.76 Å². The van der Waals surface area contributed by atoms with E-state index in [4.69, 9.17) is 0 Å². The quantitative estimate of drug-likeness (QED) is 0.764. The fraction of sp³-hybridized carbons (Fsp3) is 0.409. The number of nitrogens with zero attached hydrogens (tertiary/aromatic N) is 3. The Labute approximate surface area is 163 Å². The molecule has 1 aromatic carbocycles. The molecule has 1 N–H and O–H groups in total. The molecule has 0 bridgehead atoms. The Morgan fingerprint density at radius 3 is 2.39 bits per heavy atom. The van der Waals surface area contributed by atoms with Crippen molar-refractivity contribution in [2.24, 2.45) is 5.10 Å². The Bertz CT molecular complexity index is 1060. The fourth-order valence-corrected chi connectivity index (χ4v) is 5.09. The first kappa shape index (κ1) is 17.2. The molecule has 0 spiro atoms.